The van der Waals surface area contributed by atoms with Gasteiger partial charge in [-0.3, -0.25) is 4.79 Å². The molecular formula is C15H24N2O2. The lowest BCUT2D eigenvalue weighted by atomic mass is 10.1. The average Bonchev–Trinajstić information content (AvgIpc) is 2.37. The van der Waals surface area contributed by atoms with Crippen LogP contribution in [0, 0.1) is 5.92 Å². The van der Waals surface area contributed by atoms with Crippen LogP contribution in [0.4, 0.5) is 0 Å². The summed E-state index contributed by atoms with van der Waals surface area (Å²) in [6.07, 6.45) is 0.370. The van der Waals surface area contributed by atoms with Gasteiger partial charge in [-0.05, 0) is 30.5 Å². The number of hydrogen-bond donors (Lipinski definition) is 2. The normalized spacial score (nSPS) is 12.3. The number of benzene rings is 1. The van der Waals surface area contributed by atoms with Crippen molar-refractivity contribution in [1.29, 1.82) is 0 Å². The van der Waals surface area contributed by atoms with E-state index in [-0.39, 0.29) is 11.9 Å². The Bertz CT molecular complexity index is 388. The molecule has 0 radical (unpaired) electrons. The van der Waals surface area contributed by atoms with Gasteiger partial charge in [0, 0.05) is 12.6 Å². The third kappa shape index (κ3) is 6.25. The van der Waals surface area contributed by atoms with E-state index >= 15 is 0 Å². The molecule has 0 spiro atoms. The third-order valence-electron chi connectivity index (χ3n) is 2.63. The lowest BCUT2D eigenvalue weighted by molar-refractivity contribution is -0.120. The van der Waals surface area contributed by atoms with Gasteiger partial charge in [0.05, 0.1) is 13.0 Å². The summed E-state index contributed by atoms with van der Waals surface area (Å²) in [4.78, 5) is 11.7. The molecule has 0 saturated heterocycles. The van der Waals surface area contributed by atoms with Gasteiger partial charge in [0.2, 0.25) is 5.91 Å². The SMILES string of the molecule is CC(C)COc1ccc(CC(=O)N[C@@H](C)CN)cc1. The first-order valence-corrected chi connectivity index (χ1v) is 6.72. The molecular weight excluding hydrogens is 240 g/mol. The highest BCUT2D eigenvalue weighted by Gasteiger charge is 2.07. The number of carbonyl (C=O) groups is 1. The predicted octanol–water partition coefficient (Wildman–Crippen LogP) is 1.73. The van der Waals surface area contributed by atoms with E-state index in [9.17, 15) is 4.79 Å². The summed E-state index contributed by atoms with van der Waals surface area (Å²) in [7, 11) is 0. The van der Waals surface area contributed by atoms with Crippen LogP contribution in [0.2, 0.25) is 0 Å². The fourth-order valence-corrected chi connectivity index (χ4v) is 1.54. The van der Waals surface area contributed by atoms with Crippen LogP contribution in [0.1, 0.15) is 26.3 Å². The molecule has 0 aliphatic carbocycles. The first-order valence-electron chi connectivity index (χ1n) is 6.72. The minimum Gasteiger partial charge on any atom is -0.493 e. The number of carbonyl (C=O) groups excluding carboxylic acids is 1. The Morgan fingerprint density at radius 2 is 1.89 bits per heavy atom. The third-order valence-corrected chi connectivity index (χ3v) is 2.63. The Kier molecular flexibility index (Phi) is 6.36. The van der Waals surface area contributed by atoms with Crippen molar-refractivity contribution < 1.29 is 9.53 Å². The van der Waals surface area contributed by atoms with Gasteiger partial charge in [-0.2, -0.15) is 0 Å². The summed E-state index contributed by atoms with van der Waals surface area (Å²) in [5.74, 6) is 1.34. The molecule has 4 nitrogen and oxygen atoms in total. The van der Waals surface area contributed by atoms with E-state index in [1.807, 2.05) is 31.2 Å². The maximum atomic E-state index is 11.7. The molecule has 1 aromatic rings. The molecule has 19 heavy (non-hydrogen) atoms. The summed E-state index contributed by atoms with van der Waals surface area (Å²) in [5.41, 5.74) is 6.43. The van der Waals surface area contributed by atoms with Gasteiger partial charge in [-0.25, -0.2) is 0 Å². The van der Waals surface area contributed by atoms with E-state index in [2.05, 4.69) is 19.2 Å². The maximum Gasteiger partial charge on any atom is 0.224 e. The standard InChI is InChI=1S/C15H24N2O2/c1-11(2)10-19-14-6-4-13(5-7-14)8-15(18)17-12(3)9-16/h4-7,11-12H,8-10,16H2,1-3H3,(H,17,18)/t12-/m0/s1. The van der Waals surface area contributed by atoms with E-state index in [4.69, 9.17) is 10.5 Å². The fraction of sp³-hybridized carbons (Fsp3) is 0.533. The smallest absolute Gasteiger partial charge is 0.224 e. The second kappa shape index (κ2) is 7.79. The number of hydrogen-bond acceptors (Lipinski definition) is 3. The van der Waals surface area contributed by atoms with Crippen LogP contribution in [0.5, 0.6) is 5.75 Å². The van der Waals surface area contributed by atoms with Crippen LogP contribution in [-0.2, 0) is 11.2 Å². The van der Waals surface area contributed by atoms with E-state index in [0.29, 0.717) is 25.5 Å². The Labute approximate surface area is 115 Å². The van der Waals surface area contributed by atoms with Gasteiger partial charge in [0.25, 0.3) is 0 Å². The molecule has 1 aromatic carbocycles. The molecule has 1 rings (SSSR count). The van der Waals surface area contributed by atoms with E-state index in [1.54, 1.807) is 0 Å². The summed E-state index contributed by atoms with van der Waals surface area (Å²) < 4.78 is 5.59. The van der Waals surface area contributed by atoms with Crippen LogP contribution >= 0.6 is 0 Å². The summed E-state index contributed by atoms with van der Waals surface area (Å²) in [5, 5.41) is 2.84. The molecule has 0 saturated carbocycles. The van der Waals surface area contributed by atoms with Crippen molar-refractivity contribution in [2.24, 2.45) is 11.7 Å². The summed E-state index contributed by atoms with van der Waals surface area (Å²) in [6.45, 7) is 7.26. The van der Waals surface area contributed by atoms with Crippen molar-refractivity contribution in [1.82, 2.24) is 5.32 Å². The highest BCUT2D eigenvalue weighted by molar-refractivity contribution is 5.78. The minimum absolute atomic E-state index is 0.00574. The maximum absolute atomic E-state index is 11.7. The molecule has 1 atom stereocenters. The van der Waals surface area contributed by atoms with Gasteiger partial charge in [-0.1, -0.05) is 26.0 Å². The Morgan fingerprint density at radius 1 is 1.26 bits per heavy atom. The van der Waals surface area contributed by atoms with Gasteiger partial charge in [0.1, 0.15) is 5.75 Å². The molecule has 0 aliphatic heterocycles. The molecule has 0 unspecified atom stereocenters. The molecule has 0 heterocycles. The molecule has 4 heteroatoms. The van der Waals surface area contributed by atoms with E-state index in [0.717, 1.165) is 11.3 Å². The largest absolute Gasteiger partial charge is 0.493 e. The molecule has 0 fully saturated rings. The molecule has 3 N–H and O–H groups in total. The second-order valence-electron chi connectivity index (χ2n) is 5.23. The first-order chi connectivity index (χ1) is 9.01. The Balaban J connectivity index is 2.45. The number of ether oxygens (including phenoxy) is 1. The molecule has 0 aromatic heterocycles. The second-order valence-corrected chi connectivity index (χ2v) is 5.23. The average molecular weight is 264 g/mol. The van der Waals surface area contributed by atoms with Crippen molar-refractivity contribution in [3.63, 3.8) is 0 Å². The molecule has 1 amide bonds. The number of amides is 1. The lowest BCUT2D eigenvalue weighted by Crippen LogP contribution is -2.38. The van der Waals surface area contributed by atoms with Crippen LogP contribution in [-0.4, -0.2) is 25.1 Å². The highest BCUT2D eigenvalue weighted by Crippen LogP contribution is 2.13. The monoisotopic (exact) mass is 264 g/mol. The van der Waals surface area contributed by atoms with Crippen LogP contribution in [0.3, 0.4) is 0 Å². The number of rotatable bonds is 7. The van der Waals surface area contributed by atoms with Gasteiger partial charge in [-0.15, -0.1) is 0 Å². The number of nitrogens with two attached hydrogens (primary N) is 1. The van der Waals surface area contributed by atoms with Gasteiger partial charge in [0.15, 0.2) is 0 Å². The minimum atomic E-state index is -0.00574. The highest BCUT2D eigenvalue weighted by atomic mass is 16.5. The number of nitrogens with one attached hydrogen (secondary N) is 1. The van der Waals surface area contributed by atoms with E-state index in [1.165, 1.54) is 0 Å². The van der Waals surface area contributed by atoms with Gasteiger partial charge >= 0.3 is 0 Å². The first kappa shape index (κ1) is 15.5. The quantitative estimate of drug-likeness (QED) is 0.788. The van der Waals surface area contributed by atoms with Gasteiger partial charge < -0.3 is 15.8 Å². The van der Waals surface area contributed by atoms with E-state index < -0.39 is 0 Å². The molecule has 106 valence electrons. The Morgan fingerprint density at radius 3 is 2.42 bits per heavy atom. The molecule has 0 aliphatic rings. The van der Waals surface area contributed by atoms with Crippen LogP contribution < -0.4 is 15.8 Å². The van der Waals surface area contributed by atoms with Crippen molar-refractivity contribution in [3.05, 3.63) is 29.8 Å². The lowest BCUT2D eigenvalue weighted by Gasteiger charge is -2.12. The zero-order valence-electron chi connectivity index (χ0n) is 12.0. The predicted molar refractivity (Wildman–Crippen MR) is 77.1 cm³/mol. The van der Waals surface area contributed by atoms with Crippen molar-refractivity contribution in [2.75, 3.05) is 13.2 Å². The van der Waals surface area contributed by atoms with Crippen molar-refractivity contribution in [2.45, 2.75) is 33.2 Å². The topological polar surface area (TPSA) is 64.3 Å². The Hall–Kier alpha value is -1.55. The van der Waals surface area contributed by atoms with Crippen molar-refractivity contribution >= 4 is 5.91 Å². The van der Waals surface area contributed by atoms with Crippen LogP contribution in [0.15, 0.2) is 24.3 Å². The zero-order valence-corrected chi connectivity index (χ0v) is 12.0. The zero-order chi connectivity index (χ0) is 14.3. The molecule has 0 bridgehead atoms. The fourth-order valence-electron chi connectivity index (χ4n) is 1.54. The summed E-state index contributed by atoms with van der Waals surface area (Å²) in [6, 6.07) is 7.65. The van der Waals surface area contributed by atoms with Crippen molar-refractivity contribution in [3.8, 4) is 5.75 Å². The van der Waals surface area contributed by atoms with Crippen LogP contribution in [0.25, 0.3) is 0 Å². The summed E-state index contributed by atoms with van der Waals surface area (Å²) >= 11 is 0.